The van der Waals surface area contributed by atoms with Gasteiger partial charge in [0.1, 0.15) is 11.6 Å². The lowest BCUT2D eigenvalue weighted by molar-refractivity contribution is -0.128. The van der Waals surface area contributed by atoms with Crippen LogP contribution in [-0.2, 0) is 16.1 Å². The molecular formula is C23H25N5O2. The second-order valence-electron chi connectivity index (χ2n) is 7.19. The molecule has 154 valence electrons. The molecule has 2 amide bonds. The van der Waals surface area contributed by atoms with Crippen LogP contribution in [0, 0.1) is 11.3 Å². The van der Waals surface area contributed by atoms with Crippen molar-refractivity contribution in [3.8, 4) is 6.07 Å². The Morgan fingerprint density at radius 2 is 1.80 bits per heavy atom. The van der Waals surface area contributed by atoms with Gasteiger partial charge in [0.05, 0.1) is 5.69 Å². The van der Waals surface area contributed by atoms with E-state index in [4.69, 9.17) is 5.73 Å². The molecule has 2 aromatic carbocycles. The zero-order valence-corrected chi connectivity index (χ0v) is 17.0. The molecule has 3 rings (SSSR count). The second kappa shape index (κ2) is 9.72. The number of piperazine rings is 1. The van der Waals surface area contributed by atoms with Crippen LogP contribution in [0.25, 0.3) is 0 Å². The first-order chi connectivity index (χ1) is 14.5. The van der Waals surface area contributed by atoms with Crippen molar-refractivity contribution < 1.29 is 9.59 Å². The van der Waals surface area contributed by atoms with Gasteiger partial charge in [-0.3, -0.25) is 19.4 Å². The van der Waals surface area contributed by atoms with Gasteiger partial charge in [-0.25, -0.2) is 0 Å². The first-order valence-corrected chi connectivity index (χ1v) is 9.80. The van der Waals surface area contributed by atoms with E-state index in [1.54, 1.807) is 29.2 Å². The highest BCUT2D eigenvalue weighted by Crippen LogP contribution is 2.20. The summed E-state index contributed by atoms with van der Waals surface area (Å²) in [6.07, 6.45) is 1.30. The predicted octanol–water partition coefficient (Wildman–Crippen LogP) is 2.37. The fourth-order valence-corrected chi connectivity index (χ4v) is 3.40. The lowest BCUT2D eigenvalue weighted by Gasteiger charge is -2.34. The Kier molecular flexibility index (Phi) is 6.83. The van der Waals surface area contributed by atoms with Crippen molar-refractivity contribution in [1.29, 1.82) is 5.26 Å². The number of nitrogens with zero attached hydrogens (tertiary/aromatic N) is 4. The molecule has 0 bridgehead atoms. The summed E-state index contributed by atoms with van der Waals surface area (Å²) >= 11 is 0. The molecule has 1 aliphatic heterocycles. The first kappa shape index (κ1) is 21.1. The van der Waals surface area contributed by atoms with Crippen LogP contribution < -0.4 is 10.6 Å². The maximum Gasteiger partial charge on any atom is 0.266 e. The van der Waals surface area contributed by atoms with Crippen molar-refractivity contribution >= 4 is 23.2 Å². The van der Waals surface area contributed by atoms with E-state index in [0.717, 1.165) is 19.6 Å². The van der Waals surface area contributed by atoms with Gasteiger partial charge in [0.25, 0.3) is 5.91 Å². The van der Waals surface area contributed by atoms with Gasteiger partial charge in [-0.05, 0) is 23.8 Å². The summed E-state index contributed by atoms with van der Waals surface area (Å²) in [5.74, 6) is -0.680. The molecule has 1 heterocycles. The Bertz CT molecular complexity index is 973. The number of carbonyl (C=O) groups excluding carboxylic acids is 2. The summed E-state index contributed by atoms with van der Waals surface area (Å²) in [4.78, 5) is 30.2. The van der Waals surface area contributed by atoms with E-state index in [1.807, 2.05) is 24.3 Å². The van der Waals surface area contributed by atoms with Crippen LogP contribution >= 0.6 is 0 Å². The summed E-state index contributed by atoms with van der Waals surface area (Å²) < 4.78 is 0. The van der Waals surface area contributed by atoms with Gasteiger partial charge in [-0.2, -0.15) is 5.26 Å². The quantitative estimate of drug-likeness (QED) is 0.470. The summed E-state index contributed by atoms with van der Waals surface area (Å²) in [5, 5.41) is 9.57. The number of hydrogen-bond donors (Lipinski definition) is 1. The van der Waals surface area contributed by atoms with Crippen molar-refractivity contribution in [2.75, 3.05) is 36.8 Å². The number of amides is 2. The fourth-order valence-electron chi connectivity index (χ4n) is 3.40. The van der Waals surface area contributed by atoms with Crippen LogP contribution in [0.3, 0.4) is 0 Å². The van der Waals surface area contributed by atoms with E-state index in [0.29, 0.717) is 24.5 Å². The monoisotopic (exact) mass is 403 g/mol. The lowest BCUT2D eigenvalue weighted by Crippen LogP contribution is -2.48. The van der Waals surface area contributed by atoms with Crippen LogP contribution in [0.4, 0.5) is 11.4 Å². The van der Waals surface area contributed by atoms with Crippen LogP contribution in [0.15, 0.2) is 66.4 Å². The smallest absolute Gasteiger partial charge is 0.266 e. The average molecular weight is 403 g/mol. The molecule has 7 heteroatoms. The number of rotatable bonds is 5. The van der Waals surface area contributed by atoms with E-state index in [-0.39, 0.29) is 17.4 Å². The van der Waals surface area contributed by atoms with Crippen LogP contribution in [-0.4, -0.2) is 47.8 Å². The maximum atomic E-state index is 12.9. The number of nitrogen functional groups attached to an aromatic ring is 1. The molecule has 1 fully saturated rings. The highest BCUT2D eigenvalue weighted by molar-refractivity contribution is 6.01. The first-order valence-electron chi connectivity index (χ1n) is 9.80. The fraction of sp³-hybridized carbons (Fsp3) is 0.261. The Hall–Kier alpha value is -3.63. The number of hydrogen-bond acceptors (Lipinski definition) is 5. The molecule has 0 spiro atoms. The Morgan fingerprint density at radius 1 is 1.10 bits per heavy atom. The van der Waals surface area contributed by atoms with Crippen LogP contribution in [0.5, 0.6) is 0 Å². The van der Waals surface area contributed by atoms with Gasteiger partial charge < -0.3 is 10.6 Å². The Balaban J connectivity index is 1.68. The molecule has 30 heavy (non-hydrogen) atoms. The molecular weight excluding hydrogens is 378 g/mol. The summed E-state index contributed by atoms with van der Waals surface area (Å²) in [6.45, 7) is 4.72. The molecule has 0 aromatic heterocycles. The van der Waals surface area contributed by atoms with Crippen molar-refractivity contribution in [1.82, 2.24) is 9.80 Å². The van der Waals surface area contributed by atoms with E-state index >= 15 is 0 Å². The van der Waals surface area contributed by atoms with Gasteiger partial charge in [-0.15, -0.1) is 0 Å². The van der Waals surface area contributed by atoms with E-state index in [9.17, 15) is 14.9 Å². The van der Waals surface area contributed by atoms with Crippen LogP contribution in [0.2, 0.25) is 0 Å². The van der Waals surface area contributed by atoms with E-state index in [2.05, 4.69) is 17.0 Å². The molecule has 7 nitrogen and oxygen atoms in total. The van der Waals surface area contributed by atoms with Gasteiger partial charge >= 0.3 is 0 Å². The van der Waals surface area contributed by atoms with Gasteiger partial charge in [-0.1, -0.05) is 36.4 Å². The molecule has 0 unspecified atom stereocenters. The molecule has 0 aliphatic carbocycles. The van der Waals surface area contributed by atoms with Crippen molar-refractivity contribution in [3.05, 3.63) is 71.9 Å². The number of carbonyl (C=O) groups is 2. The molecule has 2 aromatic rings. The van der Waals surface area contributed by atoms with E-state index in [1.165, 1.54) is 23.6 Å². The molecule has 1 aliphatic rings. The van der Waals surface area contributed by atoms with Gasteiger partial charge in [0, 0.05) is 51.5 Å². The predicted molar refractivity (Wildman–Crippen MR) is 116 cm³/mol. The number of nitriles is 1. The highest BCUT2D eigenvalue weighted by Gasteiger charge is 2.25. The third kappa shape index (κ3) is 5.25. The molecule has 2 N–H and O–H groups in total. The van der Waals surface area contributed by atoms with Crippen molar-refractivity contribution in [2.24, 2.45) is 0 Å². The normalized spacial score (nSPS) is 14.8. The third-order valence-electron chi connectivity index (χ3n) is 5.01. The van der Waals surface area contributed by atoms with Crippen molar-refractivity contribution in [3.63, 3.8) is 0 Å². The molecule has 1 saturated heterocycles. The van der Waals surface area contributed by atoms with E-state index < -0.39 is 0 Å². The van der Waals surface area contributed by atoms with Gasteiger partial charge in [0.2, 0.25) is 5.91 Å². The topological polar surface area (TPSA) is 93.7 Å². The zero-order valence-electron chi connectivity index (χ0n) is 17.0. The average Bonchev–Trinajstić information content (AvgIpc) is 2.75. The minimum atomic E-state index is -0.369. The molecule has 0 radical (unpaired) electrons. The summed E-state index contributed by atoms with van der Waals surface area (Å²) in [6, 6.07) is 18.9. The maximum absolute atomic E-state index is 12.9. The lowest BCUT2D eigenvalue weighted by atomic mass is 10.2. The molecule has 0 saturated carbocycles. The number of anilines is 2. The Morgan fingerprint density at radius 3 is 2.40 bits per heavy atom. The molecule has 0 atom stereocenters. The van der Waals surface area contributed by atoms with Gasteiger partial charge in [0.15, 0.2) is 0 Å². The highest BCUT2D eigenvalue weighted by atomic mass is 16.2. The minimum Gasteiger partial charge on any atom is -0.399 e. The number of benzene rings is 2. The summed E-state index contributed by atoms with van der Waals surface area (Å²) in [5.41, 5.74) is 7.95. The standard InChI is InChI=1S/C23H25N5O2/c1-18(29)28(22-9-5-8-21(25)14-22)17-20(15-24)23(30)27-12-10-26(11-13-27)16-19-6-3-2-4-7-19/h2-9,14,17H,10-13,16,25H2,1H3/b20-17-. The van der Waals surface area contributed by atoms with Crippen molar-refractivity contribution in [2.45, 2.75) is 13.5 Å². The SMILES string of the molecule is CC(=O)N(/C=C(/C#N)C(=O)N1CCN(Cc2ccccc2)CC1)c1cccc(N)c1. The largest absolute Gasteiger partial charge is 0.399 e. The number of nitrogens with two attached hydrogens (primary N) is 1. The second-order valence-corrected chi connectivity index (χ2v) is 7.19. The third-order valence-corrected chi connectivity index (χ3v) is 5.01. The zero-order chi connectivity index (χ0) is 21.5. The summed E-state index contributed by atoms with van der Waals surface area (Å²) in [7, 11) is 0. The minimum absolute atomic E-state index is 0.0795. The van der Waals surface area contributed by atoms with Crippen LogP contribution in [0.1, 0.15) is 12.5 Å². The Labute approximate surface area is 176 Å².